The van der Waals surface area contributed by atoms with Gasteiger partial charge in [-0.15, -0.1) is 11.3 Å². The number of hydrogen-bond donors (Lipinski definition) is 1. The first kappa shape index (κ1) is 11.1. The number of hydrogen-bond acceptors (Lipinski definition) is 4. The molecule has 1 saturated heterocycles. The number of thiophene rings is 1. The highest BCUT2D eigenvalue weighted by Crippen LogP contribution is 2.28. The Morgan fingerprint density at radius 1 is 1.53 bits per heavy atom. The van der Waals surface area contributed by atoms with E-state index in [2.05, 4.69) is 23.7 Å². The predicted octanol–water partition coefficient (Wildman–Crippen LogP) is 2.08. The fourth-order valence-electron chi connectivity index (χ4n) is 1.83. The molecular weight excluding hydrogens is 210 g/mol. The summed E-state index contributed by atoms with van der Waals surface area (Å²) in [6, 6.07) is 2.49. The molecule has 1 fully saturated rings. The highest BCUT2D eigenvalue weighted by atomic mass is 32.1. The molecule has 0 amide bonds. The third kappa shape index (κ3) is 2.58. The maximum Gasteiger partial charge on any atom is 0.159 e. The van der Waals surface area contributed by atoms with Gasteiger partial charge in [-0.25, -0.2) is 0 Å². The molecule has 0 saturated carbocycles. The minimum Gasteiger partial charge on any atom is -0.350 e. The van der Waals surface area contributed by atoms with E-state index < -0.39 is 0 Å². The van der Waals surface area contributed by atoms with Crippen molar-refractivity contribution in [2.75, 3.05) is 20.3 Å². The topological polar surface area (TPSA) is 30.5 Å². The molecule has 1 aromatic rings. The smallest absolute Gasteiger partial charge is 0.159 e. The van der Waals surface area contributed by atoms with Crippen molar-refractivity contribution in [2.45, 2.75) is 25.7 Å². The van der Waals surface area contributed by atoms with Crippen LogP contribution in [-0.2, 0) is 9.47 Å². The van der Waals surface area contributed by atoms with Gasteiger partial charge in [0.1, 0.15) is 0 Å². The van der Waals surface area contributed by atoms with E-state index in [0.717, 1.165) is 19.6 Å². The molecule has 4 heteroatoms. The second-order valence-electron chi connectivity index (χ2n) is 3.72. The van der Waals surface area contributed by atoms with Crippen LogP contribution in [0, 0.1) is 6.92 Å². The summed E-state index contributed by atoms with van der Waals surface area (Å²) in [7, 11) is 1.98. The maximum absolute atomic E-state index is 5.47. The lowest BCUT2D eigenvalue weighted by atomic mass is 10.1. The van der Waals surface area contributed by atoms with Crippen LogP contribution >= 0.6 is 11.3 Å². The van der Waals surface area contributed by atoms with Crippen LogP contribution in [0.25, 0.3) is 0 Å². The Labute approximate surface area is 94.4 Å². The van der Waals surface area contributed by atoms with Crippen LogP contribution < -0.4 is 5.32 Å². The van der Waals surface area contributed by atoms with E-state index >= 15 is 0 Å². The average molecular weight is 227 g/mol. The zero-order chi connectivity index (χ0) is 10.7. The van der Waals surface area contributed by atoms with Crippen molar-refractivity contribution in [3.8, 4) is 0 Å². The summed E-state index contributed by atoms with van der Waals surface area (Å²) >= 11 is 1.79. The van der Waals surface area contributed by atoms with Crippen LogP contribution in [0.15, 0.2) is 11.4 Å². The van der Waals surface area contributed by atoms with E-state index in [4.69, 9.17) is 9.47 Å². The molecule has 2 heterocycles. The van der Waals surface area contributed by atoms with E-state index in [1.165, 1.54) is 10.4 Å². The molecule has 1 unspecified atom stereocenters. The number of ether oxygens (including phenoxy) is 2. The normalized spacial score (nSPS) is 19.6. The first-order chi connectivity index (χ1) is 7.31. The highest BCUT2D eigenvalue weighted by molar-refractivity contribution is 7.10. The molecular formula is C11H17NO2S. The van der Waals surface area contributed by atoms with E-state index in [9.17, 15) is 0 Å². The first-order valence-electron chi connectivity index (χ1n) is 5.25. The molecule has 1 N–H and O–H groups in total. The SMILES string of the molecule is CNC(CC1OCCO1)c1sccc1C. The van der Waals surface area contributed by atoms with Crippen molar-refractivity contribution < 1.29 is 9.47 Å². The quantitative estimate of drug-likeness (QED) is 0.854. The molecule has 3 nitrogen and oxygen atoms in total. The molecule has 84 valence electrons. The van der Waals surface area contributed by atoms with Crippen LogP contribution in [-0.4, -0.2) is 26.6 Å². The van der Waals surface area contributed by atoms with Crippen molar-refractivity contribution >= 4 is 11.3 Å². The van der Waals surface area contributed by atoms with E-state index in [-0.39, 0.29) is 6.29 Å². The first-order valence-corrected chi connectivity index (χ1v) is 6.13. The maximum atomic E-state index is 5.47. The Morgan fingerprint density at radius 3 is 2.80 bits per heavy atom. The fraction of sp³-hybridized carbons (Fsp3) is 0.636. The van der Waals surface area contributed by atoms with Gasteiger partial charge < -0.3 is 14.8 Å². The Morgan fingerprint density at radius 2 is 2.27 bits per heavy atom. The van der Waals surface area contributed by atoms with E-state index in [0.29, 0.717) is 6.04 Å². The minimum absolute atomic E-state index is 0.0380. The standard InChI is InChI=1S/C11H17NO2S/c1-8-3-6-15-11(8)9(12-2)7-10-13-4-5-14-10/h3,6,9-10,12H,4-5,7H2,1-2H3. The Balaban J connectivity index is 2.00. The van der Waals surface area contributed by atoms with Crippen molar-refractivity contribution in [1.82, 2.24) is 5.32 Å². The minimum atomic E-state index is -0.0380. The third-order valence-corrected chi connectivity index (χ3v) is 3.82. The molecule has 0 spiro atoms. The van der Waals surface area contributed by atoms with Crippen molar-refractivity contribution in [3.63, 3.8) is 0 Å². The average Bonchev–Trinajstić information content (AvgIpc) is 2.85. The van der Waals surface area contributed by atoms with Gasteiger partial charge in [-0.3, -0.25) is 0 Å². The van der Waals surface area contributed by atoms with Crippen molar-refractivity contribution in [1.29, 1.82) is 0 Å². The number of aryl methyl sites for hydroxylation is 1. The van der Waals surface area contributed by atoms with Crippen molar-refractivity contribution in [3.05, 3.63) is 21.9 Å². The zero-order valence-corrected chi connectivity index (χ0v) is 9.97. The second-order valence-corrected chi connectivity index (χ2v) is 4.66. The predicted molar refractivity (Wildman–Crippen MR) is 61.2 cm³/mol. The summed E-state index contributed by atoms with van der Waals surface area (Å²) in [5.41, 5.74) is 1.34. The molecule has 1 aliphatic rings. The number of rotatable bonds is 4. The molecule has 1 atom stereocenters. The van der Waals surface area contributed by atoms with Gasteiger partial charge in [0.25, 0.3) is 0 Å². The summed E-state index contributed by atoms with van der Waals surface area (Å²) in [6.45, 7) is 3.60. The summed E-state index contributed by atoms with van der Waals surface area (Å²) in [5, 5.41) is 5.45. The third-order valence-electron chi connectivity index (χ3n) is 2.69. The molecule has 15 heavy (non-hydrogen) atoms. The fourth-order valence-corrected chi connectivity index (χ4v) is 2.88. The van der Waals surface area contributed by atoms with Gasteiger partial charge in [0, 0.05) is 17.3 Å². The van der Waals surface area contributed by atoms with Crippen LogP contribution in [0.2, 0.25) is 0 Å². The zero-order valence-electron chi connectivity index (χ0n) is 9.16. The summed E-state index contributed by atoms with van der Waals surface area (Å²) in [5.74, 6) is 0. The van der Waals surface area contributed by atoms with Crippen molar-refractivity contribution in [2.24, 2.45) is 0 Å². The van der Waals surface area contributed by atoms with Gasteiger partial charge in [-0.1, -0.05) is 0 Å². The van der Waals surface area contributed by atoms with Gasteiger partial charge in [0.05, 0.1) is 13.2 Å². The van der Waals surface area contributed by atoms with E-state index in [1.54, 1.807) is 11.3 Å². The van der Waals surface area contributed by atoms with Gasteiger partial charge in [0.15, 0.2) is 6.29 Å². The van der Waals surface area contributed by atoms with Gasteiger partial charge in [0.2, 0.25) is 0 Å². The lowest BCUT2D eigenvalue weighted by Crippen LogP contribution is -2.22. The van der Waals surface area contributed by atoms with Gasteiger partial charge in [-0.2, -0.15) is 0 Å². The molecule has 0 radical (unpaired) electrons. The number of nitrogens with one attached hydrogen (secondary N) is 1. The Kier molecular flexibility index (Phi) is 3.75. The van der Waals surface area contributed by atoms with Crippen LogP contribution in [0.4, 0.5) is 0 Å². The molecule has 0 aliphatic carbocycles. The monoisotopic (exact) mass is 227 g/mol. The second kappa shape index (κ2) is 5.07. The molecule has 1 aliphatic heterocycles. The molecule has 0 aromatic carbocycles. The van der Waals surface area contributed by atoms with E-state index in [1.807, 2.05) is 7.05 Å². The van der Waals surface area contributed by atoms with Gasteiger partial charge >= 0.3 is 0 Å². The molecule has 1 aromatic heterocycles. The summed E-state index contributed by atoms with van der Waals surface area (Å²) in [6.07, 6.45) is 0.849. The lowest BCUT2D eigenvalue weighted by molar-refractivity contribution is -0.0524. The van der Waals surface area contributed by atoms with Crippen LogP contribution in [0.5, 0.6) is 0 Å². The Hall–Kier alpha value is -0.420. The Bertz CT molecular complexity index is 307. The summed E-state index contributed by atoms with van der Waals surface area (Å²) in [4.78, 5) is 1.39. The van der Waals surface area contributed by atoms with Crippen LogP contribution in [0.3, 0.4) is 0 Å². The lowest BCUT2D eigenvalue weighted by Gasteiger charge is -2.19. The largest absolute Gasteiger partial charge is 0.350 e. The highest BCUT2D eigenvalue weighted by Gasteiger charge is 2.23. The van der Waals surface area contributed by atoms with Gasteiger partial charge in [-0.05, 0) is 31.0 Å². The summed E-state index contributed by atoms with van der Waals surface area (Å²) < 4.78 is 10.9. The molecule has 0 bridgehead atoms. The molecule has 2 rings (SSSR count). The van der Waals surface area contributed by atoms with Crippen LogP contribution in [0.1, 0.15) is 22.9 Å².